The van der Waals surface area contributed by atoms with Crippen LogP contribution in [-0.4, -0.2) is 10.9 Å². The molecule has 1 heterocycles. The molecular formula is C13H7F2N3O. The number of aromatic nitrogens is 1. The molecule has 0 aliphatic rings. The molecule has 2 aromatic rings. The highest BCUT2D eigenvalue weighted by Gasteiger charge is 2.12. The summed E-state index contributed by atoms with van der Waals surface area (Å²) in [5.41, 5.74) is -0.273. The van der Waals surface area contributed by atoms with E-state index >= 15 is 0 Å². The predicted octanol–water partition coefficient (Wildman–Crippen LogP) is 2.48. The number of nitriles is 1. The van der Waals surface area contributed by atoms with E-state index in [0.717, 1.165) is 18.3 Å². The molecule has 1 amide bonds. The normalized spacial score (nSPS) is 9.74. The zero-order valence-corrected chi connectivity index (χ0v) is 9.52. The predicted molar refractivity (Wildman–Crippen MR) is 63.3 cm³/mol. The van der Waals surface area contributed by atoms with Crippen molar-refractivity contribution in [1.29, 1.82) is 5.26 Å². The zero-order chi connectivity index (χ0) is 13.8. The molecule has 0 radical (unpaired) electrons. The average Bonchev–Trinajstić information content (AvgIpc) is 2.39. The van der Waals surface area contributed by atoms with Crippen LogP contribution in [0.1, 0.15) is 15.9 Å². The fourth-order valence-corrected chi connectivity index (χ4v) is 1.47. The van der Waals surface area contributed by atoms with Gasteiger partial charge in [0.1, 0.15) is 23.3 Å². The Morgan fingerprint density at radius 3 is 2.79 bits per heavy atom. The van der Waals surface area contributed by atoms with Gasteiger partial charge >= 0.3 is 0 Å². The third-order valence-electron chi connectivity index (χ3n) is 2.34. The van der Waals surface area contributed by atoms with Crippen molar-refractivity contribution in [2.24, 2.45) is 0 Å². The van der Waals surface area contributed by atoms with Gasteiger partial charge in [-0.2, -0.15) is 5.26 Å². The number of hydrogen-bond acceptors (Lipinski definition) is 3. The number of pyridine rings is 1. The molecule has 4 nitrogen and oxygen atoms in total. The molecule has 0 unspecified atom stereocenters. The highest BCUT2D eigenvalue weighted by molar-refractivity contribution is 6.04. The molecular weight excluding hydrogens is 252 g/mol. The van der Waals surface area contributed by atoms with E-state index in [-0.39, 0.29) is 16.8 Å². The first-order chi connectivity index (χ1) is 9.11. The van der Waals surface area contributed by atoms with Gasteiger partial charge in [0.2, 0.25) is 0 Å². The van der Waals surface area contributed by atoms with Crippen LogP contribution in [0.4, 0.5) is 14.5 Å². The summed E-state index contributed by atoms with van der Waals surface area (Å²) in [6.07, 6.45) is 2.13. The number of amides is 1. The van der Waals surface area contributed by atoms with Crippen LogP contribution in [-0.2, 0) is 0 Å². The summed E-state index contributed by atoms with van der Waals surface area (Å²) in [4.78, 5) is 15.3. The maximum Gasteiger partial charge on any atom is 0.257 e. The second kappa shape index (κ2) is 5.23. The van der Waals surface area contributed by atoms with Gasteiger partial charge in [0.25, 0.3) is 5.91 Å². The fourth-order valence-electron chi connectivity index (χ4n) is 1.47. The van der Waals surface area contributed by atoms with Crippen LogP contribution in [0.15, 0.2) is 36.7 Å². The van der Waals surface area contributed by atoms with Crippen molar-refractivity contribution < 1.29 is 13.6 Å². The molecule has 0 saturated heterocycles. The number of nitrogens with one attached hydrogen (secondary N) is 1. The first kappa shape index (κ1) is 12.6. The van der Waals surface area contributed by atoms with Crippen LogP contribution in [0.5, 0.6) is 0 Å². The number of rotatable bonds is 2. The molecule has 2 rings (SSSR count). The lowest BCUT2D eigenvalue weighted by Gasteiger charge is -2.07. The topological polar surface area (TPSA) is 65.8 Å². The van der Waals surface area contributed by atoms with Gasteiger partial charge in [-0.25, -0.2) is 8.78 Å². The van der Waals surface area contributed by atoms with E-state index in [2.05, 4.69) is 10.3 Å². The number of anilines is 1. The van der Waals surface area contributed by atoms with E-state index < -0.39 is 17.5 Å². The van der Waals surface area contributed by atoms with E-state index in [1.165, 1.54) is 18.3 Å². The monoisotopic (exact) mass is 259 g/mol. The van der Waals surface area contributed by atoms with Crippen LogP contribution < -0.4 is 5.32 Å². The molecule has 19 heavy (non-hydrogen) atoms. The summed E-state index contributed by atoms with van der Waals surface area (Å²) in [6, 6.07) is 6.49. The minimum atomic E-state index is -0.738. The molecule has 0 fully saturated rings. The lowest BCUT2D eigenvalue weighted by molar-refractivity contribution is 0.102. The van der Waals surface area contributed by atoms with Gasteiger partial charge in [-0.1, -0.05) is 6.07 Å². The minimum absolute atomic E-state index is 0.0202. The van der Waals surface area contributed by atoms with Crippen molar-refractivity contribution in [3.05, 3.63) is 59.4 Å². The molecule has 0 aliphatic carbocycles. The SMILES string of the molecule is N#Cc1c(F)cccc1NC(=O)c1cncc(F)c1. The summed E-state index contributed by atoms with van der Waals surface area (Å²) >= 11 is 0. The summed E-state index contributed by atoms with van der Waals surface area (Å²) in [6.45, 7) is 0. The average molecular weight is 259 g/mol. The molecule has 94 valence electrons. The first-order valence-corrected chi connectivity index (χ1v) is 5.22. The van der Waals surface area contributed by atoms with Crippen molar-refractivity contribution in [2.45, 2.75) is 0 Å². The van der Waals surface area contributed by atoms with Gasteiger partial charge in [0, 0.05) is 6.20 Å². The highest BCUT2D eigenvalue weighted by Crippen LogP contribution is 2.18. The van der Waals surface area contributed by atoms with E-state index in [4.69, 9.17) is 5.26 Å². The van der Waals surface area contributed by atoms with E-state index in [9.17, 15) is 13.6 Å². The molecule has 0 bridgehead atoms. The van der Waals surface area contributed by atoms with Crippen LogP contribution in [0.3, 0.4) is 0 Å². The number of benzene rings is 1. The number of halogens is 2. The van der Waals surface area contributed by atoms with E-state index in [0.29, 0.717) is 0 Å². The molecule has 0 spiro atoms. The molecule has 0 atom stereocenters. The number of hydrogen-bond donors (Lipinski definition) is 1. The zero-order valence-electron chi connectivity index (χ0n) is 9.52. The lowest BCUT2D eigenvalue weighted by atomic mass is 10.1. The quantitative estimate of drug-likeness (QED) is 0.901. The highest BCUT2D eigenvalue weighted by atomic mass is 19.1. The van der Waals surface area contributed by atoms with Crippen molar-refractivity contribution in [2.75, 3.05) is 5.32 Å². The van der Waals surface area contributed by atoms with Gasteiger partial charge in [-0.3, -0.25) is 9.78 Å². The molecule has 0 saturated carbocycles. The summed E-state index contributed by atoms with van der Waals surface area (Å²) in [5, 5.41) is 11.2. The number of carbonyl (C=O) groups excluding carboxylic acids is 1. The van der Waals surface area contributed by atoms with Crippen LogP contribution in [0.2, 0.25) is 0 Å². The first-order valence-electron chi connectivity index (χ1n) is 5.22. The van der Waals surface area contributed by atoms with Crippen LogP contribution >= 0.6 is 0 Å². The maximum absolute atomic E-state index is 13.3. The number of carbonyl (C=O) groups is 1. The van der Waals surface area contributed by atoms with Gasteiger partial charge in [0.05, 0.1) is 17.4 Å². The van der Waals surface area contributed by atoms with E-state index in [1.54, 1.807) is 6.07 Å². The molecule has 1 N–H and O–H groups in total. The maximum atomic E-state index is 13.3. The van der Waals surface area contributed by atoms with Crippen molar-refractivity contribution in [3.63, 3.8) is 0 Å². The smallest absolute Gasteiger partial charge is 0.257 e. The summed E-state index contributed by atoms with van der Waals surface area (Å²) in [7, 11) is 0. The summed E-state index contributed by atoms with van der Waals surface area (Å²) < 4.78 is 26.2. The second-order valence-electron chi connectivity index (χ2n) is 3.62. The minimum Gasteiger partial charge on any atom is -0.321 e. The molecule has 6 heteroatoms. The fraction of sp³-hybridized carbons (Fsp3) is 0. The second-order valence-corrected chi connectivity index (χ2v) is 3.62. The van der Waals surface area contributed by atoms with Crippen molar-refractivity contribution >= 4 is 11.6 Å². The molecule has 0 aliphatic heterocycles. The van der Waals surface area contributed by atoms with Gasteiger partial charge < -0.3 is 5.32 Å². The Morgan fingerprint density at radius 1 is 1.32 bits per heavy atom. The van der Waals surface area contributed by atoms with Gasteiger partial charge in [-0.05, 0) is 18.2 Å². The van der Waals surface area contributed by atoms with Gasteiger partial charge in [-0.15, -0.1) is 0 Å². The largest absolute Gasteiger partial charge is 0.321 e. The lowest BCUT2D eigenvalue weighted by Crippen LogP contribution is -2.13. The molecule has 1 aromatic carbocycles. The van der Waals surface area contributed by atoms with E-state index in [1.807, 2.05) is 0 Å². The van der Waals surface area contributed by atoms with Crippen LogP contribution in [0, 0.1) is 23.0 Å². The summed E-state index contributed by atoms with van der Waals surface area (Å²) in [5.74, 6) is -2.07. The number of nitrogens with zero attached hydrogens (tertiary/aromatic N) is 2. The third-order valence-corrected chi connectivity index (χ3v) is 2.34. The Bertz CT molecular complexity index is 680. The Hall–Kier alpha value is -2.81. The standard InChI is InChI=1S/C13H7F2N3O/c14-9-4-8(6-17-7-9)13(19)18-12-3-1-2-11(15)10(12)5-16/h1-4,6-7H,(H,18,19). The third kappa shape index (κ3) is 2.72. The Labute approximate surface area is 107 Å². The van der Waals surface area contributed by atoms with Crippen molar-refractivity contribution in [3.8, 4) is 6.07 Å². The molecule has 1 aromatic heterocycles. The van der Waals surface area contributed by atoms with Crippen molar-refractivity contribution in [1.82, 2.24) is 4.98 Å². The Balaban J connectivity index is 2.30. The van der Waals surface area contributed by atoms with Gasteiger partial charge in [0.15, 0.2) is 0 Å². The van der Waals surface area contributed by atoms with Crippen LogP contribution in [0.25, 0.3) is 0 Å². The Morgan fingerprint density at radius 2 is 2.11 bits per heavy atom. The Kier molecular flexibility index (Phi) is 3.48.